The van der Waals surface area contributed by atoms with Crippen LogP contribution in [0.15, 0.2) is 0 Å². The number of rotatable bonds is 6. The van der Waals surface area contributed by atoms with E-state index in [2.05, 4.69) is 24.1 Å². The minimum Gasteiger partial charge on any atom is -0.480 e. The van der Waals surface area contributed by atoms with Gasteiger partial charge in [0.2, 0.25) is 5.91 Å². The Morgan fingerprint density at radius 2 is 1.75 bits per heavy atom. The molecule has 5 unspecified atom stereocenters. The highest BCUT2D eigenvalue weighted by Gasteiger charge is 2.36. The first-order valence-corrected chi connectivity index (χ1v) is 7.60. The summed E-state index contributed by atoms with van der Waals surface area (Å²) in [6.45, 7) is 9.89. The molecular weight excluding hydrogens is 256 g/mol. The smallest absolute Gasteiger partial charge is 0.326 e. The summed E-state index contributed by atoms with van der Waals surface area (Å²) < 4.78 is 0. The van der Waals surface area contributed by atoms with Gasteiger partial charge in [-0.15, -0.1) is 0 Å². The summed E-state index contributed by atoms with van der Waals surface area (Å²) in [5, 5.41) is 12.0. The fraction of sp³-hybridized carbons (Fsp3) is 0.867. The molecule has 1 aliphatic heterocycles. The number of carboxylic acids is 1. The molecule has 0 aromatic rings. The Hall–Kier alpha value is -1.10. The lowest BCUT2D eigenvalue weighted by Crippen LogP contribution is -2.54. The van der Waals surface area contributed by atoms with Gasteiger partial charge in [-0.3, -0.25) is 9.69 Å². The van der Waals surface area contributed by atoms with Crippen molar-refractivity contribution in [1.29, 1.82) is 0 Å². The minimum atomic E-state index is -0.956. The molecule has 1 aliphatic rings. The highest BCUT2D eigenvalue weighted by Crippen LogP contribution is 2.26. The highest BCUT2D eigenvalue weighted by atomic mass is 16.4. The Labute approximate surface area is 121 Å². The Morgan fingerprint density at radius 3 is 2.15 bits per heavy atom. The molecule has 0 saturated carbocycles. The molecule has 1 saturated heterocycles. The van der Waals surface area contributed by atoms with Crippen LogP contribution in [0, 0.1) is 5.92 Å². The normalized spacial score (nSPS) is 27.9. The zero-order chi connectivity index (χ0) is 15.4. The molecule has 0 spiro atoms. The Bertz CT molecular complexity index is 349. The van der Waals surface area contributed by atoms with Crippen molar-refractivity contribution in [2.75, 3.05) is 0 Å². The van der Waals surface area contributed by atoms with Crippen molar-refractivity contribution in [2.45, 2.75) is 78.0 Å². The van der Waals surface area contributed by atoms with Crippen LogP contribution in [-0.4, -0.2) is 46.1 Å². The number of likely N-dealkylation sites (tertiary alicyclic amines) is 1. The number of carbonyl (C=O) groups is 2. The first kappa shape index (κ1) is 17.0. The van der Waals surface area contributed by atoms with E-state index in [0.717, 1.165) is 19.3 Å². The van der Waals surface area contributed by atoms with Gasteiger partial charge in [0, 0.05) is 12.1 Å². The molecule has 2 N–H and O–H groups in total. The average Bonchev–Trinajstić information content (AvgIpc) is 2.73. The molecule has 5 nitrogen and oxygen atoms in total. The number of aliphatic carboxylic acids is 1. The summed E-state index contributed by atoms with van der Waals surface area (Å²) in [6.07, 6.45) is 2.90. The van der Waals surface area contributed by atoms with Gasteiger partial charge in [0.25, 0.3) is 0 Å². The molecule has 1 heterocycles. The van der Waals surface area contributed by atoms with Crippen molar-refractivity contribution in [3.63, 3.8) is 0 Å². The second kappa shape index (κ2) is 7.07. The Morgan fingerprint density at radius 1 is 1.25 bits per heavy atom. The zero-order valence-electron chi connectivity index (χ0n) is 13.2. The monoisotopic (exact) mass is 284 g/mol. The summed E-state index contributed by atoms with van der Waals surface area (Å²) >= 11 is 0. The number of hydrogen-bond donors (Lipinski definition) is 2. The maximum Gasteiger partial charge on any atom is 0.326 e. The van der Waals surface area contributed by atoms with Crippen LogP contribution >= 0.6 is 0 Å². The van der Waals surface area contributed by atoms with Crippen LogP contribution in [0.25, 0.3) is 0 Å². The predicted molar refractivity (Wildman–Crippen MR) is 78.5 cm³/mol. The van der Waals surface area contributed by atoms with Gasteiger partial charge in [0.15, 0.2) is 0 Å². The van der Waals surface area contributed by atoms with Crippen LogP contribution < -0.4 is 5.32 Å². The van der Waals surface area contributed by atoms with Gasteiger partial charge in [-0.2, -0.15) is 0 Å². The summed E-state index contributed by atoms with van der Waals surface area (Å²) in [5.41, 5.74) is 0. The number of carboxylic acid groups (broad SMARTS) is 1. The molecule has 0 aromatic carbocycles. The standard InChI is InChI=1S/C15H28N2O3/c1-6-9(2)13(15(19)20)16-14(18)12(5)17-10(3)7-8-11(17)4/h9-13H,6-8H2,1-5H3,(H,16,18)(H,19,20). The van der Waals surface area contributed by atoms with Crippen molar-refractivity contribution in [2.24, 2.45) is 5.92 Å². The van der Waals surface area contributed by atoms with E-state index in [1.165, 1.54) is 0 Å². The average molecular weight is 284 g/mol. The van der Waals surface area contributed by atoms with Crippen LogP contribution in [0.5, 0.6) is 0 Å². The SMILES string of the molecule is CCC(C)C(NC(=O)C(C)N1C(C)CCC1C)C(=O)O. The molecule has 1 rings (SSSR count). The second-order valence-corrected chi connectivity index (χ2v) is 6.11. The van der Waals surface area contributed by atoms with Crippen molar-refractivity contribution in [3.05, 3.63) is 0 Å². The summed E-state index contributed by atoms with van der Waals surface area (Å²) in [7, 11) is 0. The second-order valence-electron chi connectivity index (χ2n) is 6.11. The Balaban J connectivity index is 2.71. The molecule has 0 bridgehead atoms. The van der Waals surface area contributed by atoms with Crippen molar-refractivity contribution >= 4 is 11.9 Å². The molecule has 1 amide bonds. The number of carbonyl (C=O) groups excluding carboxylic acids is 1. The van der Waals surface area contributed by atoms with Crippen molar-refractivity contribution in [3.8, 4) is 0 Å². The predicted octanol–water partition coefficient (Wildman–Crippen LogP) is 1.86. The van der Waals surface area contributed by atoms with Crippen molar-refractivity contribution < 1.29 is 14.7 Å². The quantitative estimate of drug-likeness (QED) is 0.781. The zero-order valence-corrected chi connectivity index (χ0v) is 13.2. The summed E-state index contributed by atoms with van der Waals surface area (Å²) in [4.78, 5) is 25.8. The first-order chi connectivity index (χ1) is 9.29. The van der Waals surface area contributed by atoms with E-state index in [9.17, 15) is 14.7 Å². The van der Waals surface area contributed by atoms with E-state index in [1.54, 1.807) is 0 Å². The van der Waals surface area contributed by atoms with E-state index in [0.29, 0.717) is 12.1 Å². The van der Waals surface area contributed by atoms with Crippen LogP contribution in [0.2, 0.25) is 0 Å². The maximum absolute atomic E-state index is 12.3. The highest BCUT2D eigenvalue weighted by molar-refractivity contribution is 5.86. The fourth-order valence-electron chi connectivity index (χ4n) is 3.07. The van der Waals surface area contributed by atoms with Gasteiger partial charge in [-0.05, 0) is 39.5 Å². The largest absolute Gasteiger partial charge is 0.480 e. The Kier molecular flexibility index (Phi) is 5.99. The third kappa shape index (κ3) is 3.72. The maximum atomic E-state index is 12.3. The molecule has 20 heavy (non-hydrogen) atoms. The molecule has 1 fully saturated rings. The molecule has 0 aromatic heterocycles. The van der Waals surface area contributed by atoms with E-state index in [1.807, 2.05) is 20.8 Å². The van der Waals surface area contributed by atoms with Crippen molar-refractivity contribution in [1.82, 2.24) is 10.2 Å². The molecule has 5 heteroatoms. The number of nitrogens with one attached hydrogen (secondary N) is 1. The molecule has 0 aliphatic carbocycles. The van der Waals surface area contributed by atoms with E-state index in [-0.39, 0.29) is 17.9 Å². The number of hydrogen-bond acceptors (Lipinski definition) is 3. The minimum absolute atomic E-state index is 0.0722. The first-order valence-electron chi connectivity index (χ1n) is 7.60. The lowest BCUT2D eigenvalue weighted by atomic mass is 9.99. The van der Waals surface area contributed by atoms with Crippen LogP contribution in [0.1, 0.15) is 53.9 Å². The topological polar surface area (TPSA) is 69.6 Å². The lowest BCUT2D eigenvalue weighted by molar-refractivity contribution is -0.144. The van der Waals surface area contributed by atoms with Gasteiger partial charge >= 0.3 is 5.97 Å². The van der Waals surface area contributed by atoms with Crippen LogP contribution in [-0.2, 0) is 9.59 Å². The number of amides is 1. The molecular formula is C15H28N2O3. The third-order valence-corrected chi connectivity index (χ3v) is 4.62. The van der Waals surface area contributed by atoms with Crippen LogP contribution in [0.4, 0.5) is 0 Å². The van der Waals surface area contributed by atoms with E-state index < -0.39 is 12.0 Å². The van der Waals surface area contributed by atoms with Gasteiger partial charge < -0.3 is 10.4 Å². The van der Waals surface area contributed by atoms with Gasteiger partial charge in [-0.25, -0.2) is 4.79 Å². The van der Waals surface area contributed by atoms with E-state index >= 15 is 0 Å². The van der Waals surface area contributed by atoms with E-state index in [4.69, 9.17) is 0 Å². The summed E-state index contributed by atoms with van der Waals surface area (Å²) in [6, 6.07) is -0.341. The van der Waals surface area contributed by atoms with Gasteiger partial charge in [0.1, 0.15) is 6.04 Å². The fourth-order valence-corrected chi connectivity index (χ4v) is 3.07. The molecule has 0 radical (unpaired) electrons. The van der Waals surface area contributed by atoms with Gasteiger partial charge in [-0.1, -0.05) is 20.3 Å². The number of nitrogens with zero attached hydrogens (tertiary/aromatic N) is 1. The molecule has 5 atom stereocenters. The molecule has 116 valence electrons. The van der Waals surface area contributed by atoms with Crippen LogP contribution in [0.3, 0.4) is 0 Å². The third-order valence-electron chi connectivity index (χ3n) is 4.62. The lowest BCUT2D eigenvalue weighted by Gasteiger charge is -2.32. The van der Waals surface area contributed by atoms with Gasteiger partial charge in [0.05, 0.1) is 6.04 Å². The summed E-state index contributed by atoms with van der Waals surface area (Å²) in [5.74, 6) is -1.21.